The smallest absolute Gasteiger partial charge is 0.270 e. The van der Waals surface area contributed by atoms with Crippen LogP contribution in [0, 0.1) is 5.92 Å². The predicted octanol–water partition coefficient (Wildman–Crippen LogP) is 2.76. The molecule has 1 aromatic carbocycles. The topological polar surface area (TPSA) is 62.2 Å². The van der Waals surface area contributed by atoms with Crippen LogP contribution in [0.15, 0.2) is 36.4 Å². The van der Waals surface area contributed by atoms with E-state index in [-0.39, 0.29) is 12.5 Å². The number of nitrogens with zero attached hydrogens (tertiary/aromatic N) is 1. The van der Waals surface area contributed by atoms with Gasteiger partial charge in [0, 0.05) is 11.9 Å². The largest absolute Gasteiger partial charge is 0.388 e. The lowest BCUT2D eigenvalue weighted by Crippen LogP contribution is -2.41. The molecule has 0 fully saturated rings. The van der Waals surface area contributed by atoms with E-state index in [4.69, 9.17) is 0 Å². The third-order valence-electron chi connectivity index (χ3n) is 3.31. The Hall–Kier alpha value is -1.94. The second-order valence-electron chi connectivity index (χ2n) is 6.17. The summed E-state index contributed by atoms with van der Waals surface area (Å²) in [5.74, 6) is 0.112. The summed E-state index contributed by atoms with van der Waals surface area (Å²) in [5.41, 5.74) is 0.258. The Balaban J connectivity index is 2.05. The first-order valence-corrected chi connectivity index (χ1v) is 7.24. The predicted molar refractivity (Wildman–Crippen MR) is 84.2 cm³/mol. The Labute approximate surface area is 125 Å². The van der Waals surface area contributed by atoms with Gasteiger partial charge in [0.25, 0.3) is 5.91 Å². The molecule has 1 unspecified atom stereocenters. The minimum absolute atomic E-state index is 0.221. The maximum atomic E-state index is 12.1. The first-order chi connectivity index (χ1) is 9.87. The minimum atomic E-state index is -0.902. The van der Waals surface area contributed by atoms with Crippen molar-refractivity contribution in [1.29, 1.82) is 0 Å². The van der Waals surface area contributed by atoms with Crippen LogP contribution in [-0.4, -0.2) is 28.1 Å². The number of hydrogen-bond donors (Lipinski definition) is 2. The summed E-state index contributed by atoms with van der Waals surface area (Å²) in [6.45, 7) is 6.04. The van der Waals surface area contributed by atoms with Crippen molar-refractivity contribution >= 4 is 16.8 Å². The van der Waals surface area contributed by atoms with Crippen LogP contribution in [0.3, 0.4) is 0 Å². The molecule has 0 spiro atoms. The molecule has 2 aromatic rings. The molecule has 2 N–H and O–H groups in total. The van der Waals surface area contributed by atoms with Crippen molar-refractivity contribution in [2.24, 2.45) is 5.92 Å². The summed E-state index contributed by atoms with van der Waals surface area (Å²) in [4.78, 5) is 16.5. The van der Waals surface area contributed by atoms with Gasteiger partial charge in [0.05, 0.1) is 11.1 Å². The fourth-order valence-electron chi connectivity index (χ4n) is 2.51. The number of fused-ring (bicyclic) bond motifs is 1. The number of hydrogen-bond acceptors (Lipinski definition) is 3. The minimum Gasteiger partial charge on any atom is -0.388 e. The van der Waals surface area contributed by atoms with E-state index in [0.717, 1.165) is 10.9 Å². The molecule has 4 nitrogen and oxygen atoms in total. The van der Waals surface area contributed by atoms with Gasteiger partial charge in [0.15, 0.2) is 0 Å². The van der Waals surface area contributed by atoms with E-state index in [2.05, 4.69) is 10.3 Å². The fraction of sp³-hybridized carbons (Fsp3) is 0.412. The third-order valence-corrected chi connectivity index (χ3v) is 3.31. The number of rotatable bonds is 5. The number of aromatic nitrogens is 1. The molecule has 21 heavy (non-hydrogen) atoms. The highest BCUT2D eigenvalue weighted by Gasteiger charge is 2.23. The number of nitrogens with one attached hydrogen (secondary N) is 1. The van der Waals surface area contributed by atoms with Crippen LogP contribution in [-0.2, 0) is 0 Å². The molecule has 2 rings (SSSR count). The van der Waals surface area contributed by atoms with Crippen molar-refractivity contribution in [3.8, 4) is 0 Å². The number of amides is 1. The van der Waals surface area contributed by atoms with Crippen LogP contribution in [0.2, 0.25) is 0 Å². The van der Waals surface area contributed by atoms with Gasteiger partial charge in [-0.15, -0.1) is 0 Å². The van der Waals surface area contributed by atoms with E-state index in [1.165, 1.54) is 0 Å². The summed E-state index contributed by atoms with van der Waals surface area (Å²) in [5, 5.41) is 14.0. The quantitative estimate of drug-likeness (QED) is 0.888. The highest BCUT2D eigenvalue weighted by molar-refractivity contribution is 5.94. The average molecular weight is 286 g/mol. The molecule has 0 saturated heterocycles. The average Bonchev–Trinajstić information content (AvgIpc) is 2.43. The summed E-state index contributed by atoms with van der Waals surface area (Å²) < 4.78 is 0. The summed E-state index contributed by atoms with van der Waals surface area (Å²) >= 11 is 0. The molecule has 4 heteroatoms. The highest BCUT2D eigenvalue weighted by atomic mass is 16.3. The number of carbonyl (C=O) groups excluding carboxylic acids is 1. The van der Waals surface area contributed by atoms with Crippen molar-refractivity contribution < 1.29 is 9.90 Å². The van der Waals surface area contributed by atoms with Crippen LogP contribution in [0.25, 0.3) is 10.9 Å². The Morgan fingerprint density at radius 1 is 1.29 bits per heavy atom. The van der Waals surface area contributed by atoms with Crippen molar-refractivity contribution in [3.05, 3.63) is 42.1 Å². The van der Waals surface area contributed by atoms with Crippen molar-refractivity contribution in [2.75, 3.05) is 6.54 Å². The molecule has 1 heterocycles. The van der Waals surface area contributed by atoms with Crippen LogP contribution < -0.4 is 5.32 Å². The van der Waals surface area contributed by atoms with Gasteiger partial charge in [0.2, 0.25) is 0 Å². The molecule has 0 aliphatic carbocycles. The van der Waals surface area contributed by atoms with Gasteiger partial charge in [-0.2, -0.15) is 0 Å². The number of carbonyl (C=O) groups is 1. The first kappa shape index (κ1) is 15.4. The van der Waals surface area contributed by atoms with Crippen molar-refractivity contribution in [1.82, 2.24) is 10.3 Å². The van der Waals surface area contributed by atoms with E-state index < -0.39 is 5.60 Å². The molecular weight excluding hydrogens is 264 g/mol. The SMILES string of the molecule is CC(C)CC(C)(O)CNC(=O)c1ccc2ccccc2n1. The zero-order valence-electron chi connectivity index (χ0n) is 12.8. The second-order valence-corrected chi connectivity index (χ2v) is 6.17. The third kappa shape index (κ3) is 4.26. The standard InChI is InChI=1S/C17H22N2O2/c1-12(2)10-17(3,21)11-18-16(20)15-9-8-13-6-4-5-7-14(13)19-15/h4-9,12,21H,10-11H2,1-3H3,(H,18,20). The van der Waals surface area contributed by atoms with Gasteiger partial charge in [-0.05, 0) is 31.4 Å². The maximum absolute atomic E-state index is 12.1. The monoisotopic (exact) mass is 286 g/mol. The fourth-order valence-corrected chi connectivity index (χ4v) is 2.51. The molecule has 112 valence electrons. The van der Waals surface area contributed by atoms with Gasteiger partial charge < -0.3 is 10.4 Å². The Morgan fingerprint density at radius 2 is 2.00 bits per heavy atom. The molecule has 1 amide bonds. The lowest BCUT2D eigenvalue weighted by Gasteiger charge is -2.25. The summed E-state index contributed by atoms with van der Waals surface area (Å²) in [6.07, 6.45) is 0.637. The molecule has 0 aliphatic rings. The number of para-hydroxylation sites is 1. The zero-order chi connectivity index (χ0) is 15.5. The molecule has 0 aliphatic heterocycles. The van der Waals surface area contributed by atoms with Crippen molar-refractivity contribution in [3.63, 3.8) is 0 Å². The van der Waals surface area contributed by atoms with E-state index in [0.29, 0.717) is 18.0 Å². The summed E-state index contributed by atoms with van der Waals surface area (Å²) in [7, 11) is 0. The summed E-state index contributed by atoms with van der Waals surface area (Å²) in [6, 6.07) is 11.2. The van der Waals surface area contributed by atoms with E-state index in [1.54, 1.807) is 13.0 Å². The Morgan fingerprint density at radius 3 is 2.71 bits per heavy atom. The van der Waals surface area contributed by atoms with Crippen LogP contribution in [0.1, 0.15) is 37.7 Å². The maximum Gasteiger partial charge on any atom is 0.270 e. The molecule has 0 saturated carbocycles. The van der Waals surface area contributed by atoms with Gasteiger partial charge in [-0.1, -0.05) is 38.1 Å². The van der Waals surface area contributed by atoms with Crippen molar-refractivity contribution in [2.45, 2.75) is 32.8 Å². The first-order valence-electron chi connectivity index (χ1n) is 7.24. The van der Waals surface area contributed by atoms with Gasteiger partial charge in [-0.25, -0.2) is 4.98 Å². The Bertz CT molecular complexity index is 635. The van der Waals surface area contributed by atoms with Crippen LogP contribution in [0.5, 0.6) is 0 Å². The van der Waals surface area contributed by atoms with Crippen LogP contribution >= 0.6 is 0 Å². The van der Waals surface area contributed by atoms with E-state index in [9.17, 15) is 9.90 Å². The lowest BCUT2D eigenvalue weighted by atomic mass is 9.94. The molecule has 1 aromatic heterocycles. The lowest BCUT2D eigenvalue weighted by molar-refractivity contribution is 0.0367. The van der Waals surface area contributed by atoms with E-state index in [1.807, 2.05) is 44.2 Å². The molecule has 0 bridgehead atoms. The van der Waals surface area contributed by atoms with Crippen LogP contribution in [0.4, 0.5) is 0 Å². The van der Waals surface area contributed by atoms with Gasteiger partial charge in [0.1, 0.15) is 5.69 Å². The number of pyridine rings is 1. The number of aliphatic hydroxyl groups is 1. The highest BCUT2D eigenvalue weighted by Crippen LogP contribution is 2.16. The van der Waals surface area contributed by atoms with E-state index >= 15 is 0 Å². The normalized spacial score (nSPS) is 14.1. The van der Waals surface area contributed by atoms with Gasteiger partial charge >= 0.3 is 0 Å². The molecular formula is C17H22N2O2. The second kappa shape index (κ2) is 6.22. The van der Waals surface area contributed by atoms with Gasteiger partial charge in [-0.3, -0.25) is 4.79 Å². The molecule has 1 atom stereocenters. The Kier molecular flexibility index (Phi) is 4.58. The zero-order valence-corrected chi connectivity index (χ0v) is 12.8. The number of benzene rings is 1. The molecule has 0 radical (unpaired) electrons.